The van der Waals surface area contributed by atoms with E-state index < -0.39 is 0 Å². The molecular formula is C21H35IN4O4. The van der Waals surface area contributed by atoms with E-state index in [1.165, 1.54) is 0 Å². The molecule has 1 unspecified atom stereocenters. The lowest BCUT2D eigenvalue weighted by Crippen LogP contribution is -2.41. The van der Waals surface area contributed by atoms with Crippen LogP contribution in [0.2, 0.25) is 0 Å². The minimum atomic E-state index is -0.0378. The Morgan fingerprint density at radius 2 is 1.90 bits per heavy atom. The smallest absolute Gasteiger partial charge is 0.243 e. The lowest BCUT2D eigenvalue weighted by atomic mass is 10.1. The van der Waals surface area contributed by atoms with E-state index in [9.17, 15) is 4.79 Å². The Labute approximate surface area is 197 Å². The number of hydrogen-bond donors (Lipinski definition) is 1. The predicted molar refractivity (Wildman–Crippen MR) is 129 cm³/mol. The van der Waals surface area contributed by atoms with Gasteiger partial charge in [0.05, 0.1) is 20.8 Å². The number of hydrogen-bond acceptors (Lipinski definition) is 5. The molecule has 0 aromatic heterocycles. The van der Waals surface area contributed by atoms with Crippen molar-refractivity contribution in [3.63, 3.8) is 0 Å². The molecule has 170 valence electrons. The second-order valence-electron chi connectivity index (χ2n) is 7.53. The van der Waals surface area contributed by atoms with Crippen molar-refractivity contribution in [1.29, 1.82) is 0 Å². The van der Waals surface area contributed by atoms with Gasteiger partial charge in [-0.05, 0) is 36.6 Å². The van der Waals surface area contributed by atoms with Crippen molar-refractivity contribution in [2.24, 2.45) is 10.9 Å². The molecule has 30 heavy (non-hydrogen) atoms. The molecule has 1 heterocycles. The molecule has 1 fully saturated rings. The van der Waals surface area contributed by atoms with Gasteiger partial charge in [-0.3, -0.25) is 4.79 Å². The Bertz CT molecular complexity index is 721. The first-order valence-corrected chi connectivity index (χ1v) is 9.84. The number of halogens is 1. The van der Waals surface area contributed by atoms with Crippen molar-refractivity contribution in [2.45, 2.75) is 19.9 Å². The summed E-state index contributed by atoms with van der Waals surface area (Å²) in [6.07, 6.45) is 1.04. The molecule has 1 amide bonds. The number of nitrogens with one attached hydrogen (secondary N) is 1. The van der Waals surface area contributed by atoms with Crippen LogP contribution in [0.3, 0.4) is 0 Å². The number of aryl methyl sites for hydroxylation is 1. The summed E-state index contributed by atoms with van der Waals surface area (Å²) in [5, 5.41) is 3.42. The average Bonchev–Trinajstić information content (AvgIpc) is 3.22. The minimum Gasteiger partial charge on any atom is -0.493 e. The van der Waals surface area contributed by atoms with Crippen LogP contribution in [-0.4, -0.2) is 83.3 Å². The second-order valence-corrected chi connectivity index (χ2v) is 7.53. The zero-order valence-corrected chi connectivity index (χ0v) is 21.2. The summed E-state index contributed by atoms with van der Waals surface area (Å²) in [7, 11) is 8.69. The number of nitrogens with zero attached hydrogens (tertiary/aromatic N) is 3. The number of benzene rings is 1. The van der Waals surface area contributed by atoms with Gasteiger partial charge in [0.2, 0.25) is 5.91 Å². The molecule has 1 saturated heterocycles. The van der Waals surface area contributed by atoms with E-state index in [-0.39, 0.29) is 36.4 Å². The molecule has 1 atom stereocenters. The van der Waals surface area contributed by atoms with E-state index in [2.05, 4.69) is 10.3 Å². The fourth-order valence-electron chi connectivity index (χ4n) is 3.10. The van der Waals surface area contributed by atoms with Crippen molar-refractivity contribution in [2.75, 3.05) is 61.7 Å². The summed E-state index contributed by atoms with van der Waals surface area (Å²) >= 11 is 0. The maximum Gasteiger partial charge on any atom is 0.243 e. The third-order valence-corrected chi connectivity index (χ3v) is 5.05. The Hall–Kier alpha value is -1.75. The molecule has 0 spiro atoms. The molecule has 1 aromatic carbocycles. The summed E-state index contributed by atoms with van der Waals surface area (Å²) in [6, 6.07) is 3.95. The quantitative estimate of drug-likeness (QED) is 0.313. The van der Waals surface area contributed by atoms with E-state index >= 15 is 0 Å². The first kappa shape index (κ1) is 26.3. The second kappa shape index (κ2) is 12.8. The normalized spacial score (nSPS) is 15.9. The molecule has 1 aliphatic heterocycles. The molecule has 0 aliphatic carbocycles. The van der Waals surface area contributed by atoms with Gasteiger partial charge >= 0.3 is 0 Å². The summed E-state index contributed by atoms with van der Waals surface area (Å²) in [4.78, 5) is 20.1. The van der Waals surface area contributed by atoms with Crippen molar-refractivity contribution >= 4 is 35.8 Å². The molecule has 0 saturated carbocycles. The monoisotopic (exact) mass is 534 g/mol. The lowest BCUT2D eigenvalue weighted by Gasteiger charge is -2.25. The van der Waals surface area contributed by atoms with Crippen molar-refractivity contribution < 1.29 is 19.0 Å². The molecule has 1 N–H and O–H groups in total. The topological polar surface area (TPSA) is 75.6 Å². The number of guanidine groups is 1. The molecule has 2 rings (SSSR count). The van der Waals surface area contributed by atoms with Crippen LogP contribution in [0.4, 0.5) is 0 Å². The van der Waals surface area contributed by atoms with E-state index in [4.69, 9.17) is 14.2 Å². The lowest BCUT2D eigenvalue weighted by molar-refractivity contribution is -0.127. The molecule has 1 aliphatic rings. The number of carbonyl (C=O) groups excluding carboxylic acids is 1. The Morgan fingerprint density at radius 3 is 2.47 bits per heavy atom. The van der Waals surface area contributed by atoms with Crippen molar-refractivity contribution in [1.82, 2.24) is 15.1 Å². The summed E-state index contributed by atoms with van der Waals surface area (Å²) in [5.74, 6) is 2.52. The third kappa shape index (κ3) is 7.50. The molecule has 8 nitrogen and oxygen atoms in total. The van der Waals surface area contributed by atoms with E-state index in [0.717, 1.165) is 37.3 Å². The number of aliphatic imine (C=N–C) groups is 1. The van der Waals surface area contributed by atoms with Gasteiger partial charge < -0.3 is 29.3 Å². The molecule has 0 bridgehead atoms. The van der Waals surface area contributed by atoms with Gasteiger partial charge in [0.25, 0.3) is 0 Å². The number of likely N-dealkylation sites (N-methyl/N-ethyl adjacent to an activating group) is 1. The highest BCUT2D eigenvalue weighted by molar-refractivity contribution is 14.0. The number of rotatable bonds is 8. The van der Waals surface area contributed by atoms with E-state index in [1.807, 2.05) is 31.0 Å². The first-order chi connectivity index (χ1) is 13.8. The average molecular weight is 534 g/mol. The van der Waals surface area contributed by atoms with Gasteiger partial charge in [-0.25, -0.2) is 4.99 Å². The highest BCUT2D eigenvalue weighted by atomic mass is 127. The van der Waals surface area contributed by atoms with Gasteiger partial charge in [0, 0.05) is 46.8 Å². The highest BCUT2D eigenvalue weighted by Crippen LogP contribution is 2.30. The van der Waals surface area contributed by atoms with Crippen LogP contribution >= 0.6 is 24.0 Å². The largest absolute Gasteiger partial charge is 0.493 e. The molecule has 9 heteroatoms. The summed E-state index contributed by atoms with van der Waals surface area (Å²) in [6.45, 7) is 5.10. The van der Waals surface area contributed by atoms with Gasteiger partial charge in [-0.2, -0.15) is 0 Å². The van der Waals surface area contributed by atoms with Crippen LogP contribution in [0, 0.1) is 12.8 Å². The van der Waals surface area contributed by atoms with Crippen LogP contribution in [0.15, 0.2) is 17.1 Å². The zero-order valence-electron chi connectivity index (χ0n) is 18.9. The van der Waals surface area contributed by atoms with E-state index in [0.29, 0.717) is 29.9 Å². The Kier molecular flexibility index (Phi) is 11.2. The Balaban J connectivity index is 0.00000450. The molecule has 0 radical (unpaired) electrons. The molecular weight excluding hydrogens is 499 g/mol. The van der Waals surface area contributed by atoms with Gasteiger partial charge in [0.15, 0.2) is 17.5 Å². The van der Waals surface area contributed by atoms with Crippen LogP contribution in [-0.2, 0) is 16.1 Å². The van der Waals surface area contributed by atoms with Crippen molar-refractivity contribution in [3.8, 4) is 11.5 Å². The van der Waals surface area contributed by atoms with Gasteiger partial charge in [0.1, 0.15) is 6.54 Å². The maximum absolute atomic E-state index is 12.0. The predicted octanol–water partition coefficient (Wildman–Crippen LogP) is 2.13. The number of methoxy groups -OCH3 is 2. The van der Waals surface area contributed by atoms with Crippen LogP contribution < -0.4 is 14.8 Å². The van der Waals surface area contributed by atoms with Gasteiger partial charge in [-0.1, -0.05) is 0 Å². The van der Waals surface area contributed by atoms with Crippen LogP contribution in [0.1, 0.15) is 17.5 Å². The number of carbonyl (C=O) groups is 1. The Morgan fingerprint density at radius 1 is 1.23 bits per heavy atom. The standard InChI is InChI=1S/C21H34N4O4.HI/c1-15-9-18(27-5)19(28-6)10-17(15)13-25(4)21(23-12-20(26)24(2)3)22-11-16-7-8-29-14-16;/h9-10,16H,7-8,11-14H2,1-6H3,(H,22,23);1H. The van der Waals surface area contributed by atoms with Gasteiger partial charge in [-0.15, -0.1) is 24.0 Å². The zero-order chi connectivity index (χ0) is 21.4. The number of ether oxygens (including phenoxy) is 3. The maximum atomic E-state index is 12.0. The van der Waals surface area contributed by atoms with Crippen molar-refractivity contribution in [3.05, 3.63) is 23.3 Å². The molecule has 1 aromatic rings. The summed E-state index contributed by atoms with van der Waals surface area (Å²) in [5.41, 5.74) is 2.20. The summed E-state index contributed by atoms with van der Waals surface area (Å²) < 4.78 is 16.3. The van der Waals surface area contributed by atoms with Crippen LogP contribution in [0.25, 0.3) is 0 Å². The van der Waals surface area contributed by atoms with E-state index in [1.54, 1.807) is 33.2 Å². The number of amides is 1. The fraction of sp³-hybridized carbons (Fsp3) is 0.619. The third-order valence-electron chi connectivity index (χ3n) is 5.05. The minimum absolute atomic E-state index is 0. The SMILES string of the molecule is COc1cc(C)c(CN(C)C(=NCC(=O)N(C)C)NCC2CCOC2)cc1OC.I. The highest BCUT2D eigenvalue weighted by Gasteiger charge is 2.18. The fourth-order valence-corrected chi connectivity index (χ4v) is 3.10. The van der Waals surface area contributed by atoms with Crippen LogP contribution in [0.5, 0.6) is 11.5 Å². The first-order valence-electron chi connectivity index (χ1n) is 9.84.